The van der Waals surface area contributed by atoms with Crippen molar-refractivity contribution in [1.82, 2.24) is 0 Å². The maximum absolute atomic E-state index is 4.04. The molecular formula is C21H19S2. The highest BCUT2D eigenvalue weighted by Crippen LogP contribution is 2.41. The van der Waals surface area contributed by atoms with Crippen molar-refractivity contribution in [3.63, 3.8) is 0 Å². The highest BCUT2D eigenvalue weighted by atomic mass is 32.1. The minimum Gasteiger partial charge on any atom is -0.140 e. The molecule has 0 amide bonds. The summed E-state index contributed by atoms with van der Waals surface area (Å²) in [7, 11) is 0. The van der Waals surface area contributed by atoms with Gasteiger partial charge in [-0.2, -0.15) is 0 Å². The van der Waals surface area contributed by atoms with E-state index in [1.165, 1.54) is 42.8 Å². The van der Waals surface area contributed by atoms with Crippen LogP contribution in [0, 0.1) is 6.92 Å². The lowest BCUT2D eigenvalue weighted by molar-refractivity contribution is 0.685. The van der Waals surface area contributed by atoms with Crippen molar-refractivity contribution in [1.29, 1.82) is 0 Å². The molecule has 0 aliphatic heterocycles. The van der Waals surface area contributed by atoms with Crippen LogP contribution in [0.15, 0.2) is 60.7 Å². The van der Waals surface area contributed by atoms with E-state index in [1.54, 1.807) is 0 Å². The molecule has 0 bridgehead atoms. The summed E-state index contributed by atoms with van der Waals surface area (Å²) in [4.78, 5) is 2.98. The Hall–Kier alpha value is -1.64. The van der Waals surface area contributed by atoms with Gasteiger partial charge in [-0.3, -0.25) is 0 Å². The second-order valence-corrected chi connectivity index (χ2v) is 8.15. The van der Waals surface area contributed by atoms with Crippen LogP contribution in [-0.2, 0) is 0 Å². The fourth-order valence-electron chi connectivity index (χ4n) is 3.12. The van der Waals surface area contributed by atoms with Crippen molar-refractivity contribution < 1.29 is 0 Å². The van der Waals surface area contributed by atoms with Crippen LogP contribution in [0.2, 0.25) is 0 Å². The minimum absolute atomic E-state index is 0.506. The molecule has 1 radical (unpaired) electrons. The van der Waals surface area contributed by atoms with E-state index in [9.17, 15) is 0 Å². The van der Waals surface area contributed by atoms with Crippen molar-refractivity contribution in [2.45, 2.75) is 25.2 Å². The Labute approximate surface area is 145 Å². The molecule has 0 saturated heterocycles. The summed E-state index contributed by atoms with van der Waals surface area (Å²) in [5, 5.41) is 2.74. The van der Waals surface area contributed by atoms with E-state index in [0.29, 0.717) is 5.92 Å². The Bertz CT molecular complexity index is 789. The molecule has 0 unspecified atom stereocenters. The molecule has 0 N–H and O–H groups in total. The van der Waals surface area contributed by atoms with Crippen molar-refractivity contribution in [3.05, 3.63) is 77.3 Å². The first kappa shape index (κ1) is 14.9. The Balaban J connectivity index is 1.79. The van der Waals surface area contributed by atoms with Crippen LogP contribution in [-0.4, -0.2) is 0 Å². The van der Waals surface area contributed by atoms with Gasteiger partial charge >= 0.3 is 0 Å². The predicted octanol–water partition coefficient (Wildman–Crippen LogP) is 7.25. The van der Waals surface area contributed by atoms with Gasteiger partial charge in [0, 0.05) is 25.1 Å². The van der Waals surface area contributed by atoms with E-state index in [1.807, 2.05) is 22.7 Å². The molecule has 2 aromatic carbocycles. The lowest BCUT2D eigenvalue weighted by Crippen LogP contribution is -1.96. The summed E-state index contributed by atoms with van der Waals surface area (Å²) in [5.41, 5.74) is 0. The maximum Gasteiger partial charge on any atom is 0.0345 e. The molecule has 2 heteroatoms. The first-order valence-corrected chi connectivity index (χ1v) is 9.74. The molecule has 0 aliphatic carbocycles. The number of thiophene rings is 2. The quantitative estimate of drug-likeness (QED) is 0.360. The molecule has 0 nitrogen and oxygen atoms in total. The van der Waals surface area contributed by atoms with Crippen LogP contribution in [0.5, 0.6) is 0 Å². The van der Waals surface area contributed by atoms with Crippen LogP contribution in [0.25, 0.3) is 20.2 Å². The highest BCUT2D eigenvalue weighted by molar-refractivity contribution is 7.20. The lowest BCUT2D eigenvalue weighted by atomic mass is 9.97. The molecule has 0 saturated carbocycles. The fraction of sp³-hybridized carbons (Fsp3) is 0.190. The van der Waals surface area contributed by atoms with Gasteiger partial charge in [-0.1, -0.05) is 56.2 Å². The van der Waals surface area contributed by atoms with Crippen LogP contribution < -0.4 is 0 Å². The standard InChI is InChI=1S/C21H19S2/c1-2-3-10-17(20-13-15-8-4-6-11-18(15)22-20)21-14-16-9-5-7-12-19(16)23-21/h4-9,11-14,17H,1-3,10H2. The molecule has 4 aromatic rings. The monoisotopic (exact) mass is 335 g/mol. The number of hydrogen-bond acceptors (Lipinski definition) is 2. The minimum atomic E-state index is 0.506. The molecule has 0 spiro atoms. The highest BCUT2D eigenvalue weighted by Gasteiger charge is 2.19. The van der Waals surface area contributed by atoms with E-state index in [0.717, 1.165) is 6.42 Å². The van der Waals surface area contributed by atoms with Gasteiger partial charge in [0.15, 0.2) is 0 Å². The molecule has 0 aliphatic rings. The third kappa shape index (κ3) is 2.93. The summed E-state index contributed by atoms with van der Waals surface area (Å²) in [6.45, 7) is 4.04. The van der Waals surface area contributed by atoms with Crippen molar-refractivity contribution in [2.75, 3.05) is 0 Å². The number of rotatable bonds is 5. The molecule has 0 atom stereocenters. The zero-order valence-electron chi connectivity index (χ0n) is 13.0. The number of unbranched alkanes of at least 4 members (excludes halogenated alkanes) is 1. The maximum atomic E-state index is 4.04. The number of hydrogen-bond donors (Lipinski definition) is 0. The van der Waals surface area contributed by atoms with Crippen LogP contribution >= 0.6 is 22.7 Å². The molecule has 0 fully saturated rings. The SMILES string of the molecule is [CH2]CCCC(c1cc2ccccc2s1)c1cc2ccccc2s1. The molecular weight excluding hydrogens is 316 g/mol. The number of benzene rings is 2. The van der Waals surface area contributed by atoms with E-state index in [4.69, 9.17) is 0 Å². The van der Waals surface area contributed by atoms with Crippen LogP contribution in [0.4, 0.5) is 0 Å². The van der Waals surface area contributed by atoms with E-state index in [2.05, 4.69) is 67.6 Å². The average molecular weight is 336 g/mol. The average Bonchev–Trinajstić information content (AvgIpc) is 3.19. The summed E-state index contributed by atoms with van der Waals surface area (Å²) >= 11 is 3.89. The molecule has 4 rings (SSSR count). The smallest absolute Gasteiger partial charge is 0.0345 e. The van der Waals surface area contributed by atoms with Gasteiger partial charge in [0.05, 0.1) is 0 Å². The topological polar surface area (TPSA) is 0 Å². The third-order valence-corrected chi connectivity index (χ3v) is 6.78. The van der Waals surface area contributed by atoms with Gasteiger partial charge in [0.2, 0.25) is 0 Å². The van der Waals surface area contributed by atoms with E-state index >= 15 is 0 Å². The number of fused-ring (bicyclic) bond motifs is 2. The van der Waals surface area contributed by atoms with Gasteiger partial charge < -0.3 is 0 Å². The molecule has 2 heterocycles. The van der Waals surface area contributed by atoms with E-state index in [-0.39, 0.29) is 0 Å². The van der Waals surface area contributed by atoms with Crippen LogP contribution in [0.3, 0.4) is 0 Å². The van der Waals surface area contributed by atoms with Gasteiger partial charge in [-0.05, 0) is 41.5 Å². The Morgan fingerprint density at radius 3 is 1.78 bits per heavy atom. The van der Waals surface area contributed by atoms with Crippen molar-refractivity contribution in [2.24, 2.45) is 0 Å². The zero-order chi connectivity index (χ0) is 15.6. The zero-order valence-corrected chi connectivity index (χ0v) is 14.6. The molecule has 23 heavy (non-hydrogen) atoms. The summed E-state index contributed by atoms with van der Waals surface area (Å²) in [6.07, 6.45) is 3.36. The lowest BCUT2D eigenvalue weighted by Gasteiger charge is -2.13. The summed E-state index contributed by atoms with van der Waals surface area (Å²) < 4.78 is 2.78. The summed E-state index contributed by atoms with van der Waals surface area (Å²) in [6, 6.07) is 22.2. The van der Waals surface area contributed by atoms with Gasteiger partial charge in [-0.15, -0.1) is 22.7 Å². The van der Waals surface area contributed by atoms with Crippen LogP contribution in [0.1, 0.15) is 34.9 Å². The molecule has 2 aromatic heterocycles. The summed E-state index contributed by atoms with van der Waals surface area (Å²) in [5.74, 6) is 0.506. The normalized spacial score (nSPS) is 11.7. The Morgan fingerprint density at radius 1 is 0.783 bits per heavy atom. The van der Waals surface area contributed by atoms with Gasteiger partial charge in [0.25, 0.3) is 0 Å². The second kappa shape index (κ2) is 6.46. The second-order valence-electron chi connectivity index (χ2n) is 5.92. The Kier molecular flexibility index (Phi) is 4.19. The Morgan fingerprint density at radius 2 is 1.30 bits per heavy atom. The van der Waals surface area contributed by atoms with Crippen molar-refractivity contribution in [3.8, 4) is 0 Å². The van der Waals surface area contributed by atoms with Gasteiger partial charge in [0.1, 0.15) is 0 Å². The fourth-order valence-corrected chi connectivity index (χ4v) is 5.63. The van der Waals surface area contributed by atoms with Crippen molar-refractivity contribution >= 4 is 42.8 Å². The van der Waals surface area contributed by atoms with Gasteiger partial charge in [-0.25, -0.2) is 0 Å². The molecule has 115 valence electrons. The third-order valence-electron chi connectivity index (χ3n) is 4.32. The largest absolute Gasteiger partial charge is 0.140 e. The van der Waals surface area contributed by atoms with E-state index < -0.39 is 0 Å². The first-order chi connectivity index (χ1) is 11.3. The predicted molar refractivity (Wildman–Crippen MR) is 105 cm³/mol. The first-order valence-electron chi connectivity index (χ1n) is 8.11.